The first-order valence-electron chi connectivity index (χ1n) is 8.19. The third-order valence-corrected chi connectivity index (χ3v) is 3.98. The van der Waals surface area contributed by atoms with Crippen LogP contribution in [-0.4, -0.2) is 17.9 Å². The van der Waals surface area contributed by atoms with Crippen LogP contribution in [-0.2, 0) is 12.6 Å². The second kappa shape index (κ2) is 7.65. The molecular formula is C20H16F3NO3. The van der Waals surface area contributed by atoms with E-state index in [1.54, 1.807) is 6.92 Å². The molecule has 2 aromatic carbocycles. The van der Waals surface area contributed by atoms with Crippen LogP contribution in [0, 0.1) is 6.92 Å². The zero-order valence-electron chi connectivity index (χ0n) is 14.4. The molecule has 0 aliphatic heterocycles. The molecule has 0 spiro atoms. The van der Waals surface area contributed by atoms with Gasteiger partial charge in [-0.2, -0.15) is 13.2 Å². The van der Waals surface area contributed by atoms with E-state index in [1.807, 2.05) is 30.3 Å². The van der Waals surface area contributed by atoms with E-state index in [4.69, 9.17) is 9.15 Å². The highest BCUT2D eigenvalue weighted by Gasteiger charge is 2.33. The number of carbonyl (C=O) groups is 1. The Morgan fingerprint density at radius 2 is 1.89 bits per heavy atom. The lowest BCUT2D eigenvalue weighted by Crippen LogP contribution is -2.10. The van der Waals surface area contributed by atoms with Crippen LogP contribution >= 0.6 is 0 Å². The molecule has 0 amide bonds. The van der Waals surface area contributed by atoms with Gasteiger partial charge >= 0.3 is 6.18 Å². The number of halogens is 3. The number of rotatable bonds is 6. The summed E-state index contributed by atoms with van der Waals surface area (Å²) in [6.07, 6.45) is -4.07. The molecule has 3 rings (SSSR count). The molecule has 4 nitrogen and oxygen atoms in total. The lowest BCUT2D eigenvalue weighted by Gasteiger charge is -2.12. The van der Waals surface area contributed by atoms with Crippen molar-refractivity contribution in [1.29, 1.82) is 0 Å². The molecule has 0 unspecified atom stereocenters. The van der Waals surface area contributed by atoms with Crippen LogP contribution in [0.4, 0.5) is 13.2 Å². The lowest BCUT2D eigenvalue weighted by atomic mass is 10.1. The summed E-state index contributed by atoms with van der Waals surface area (Å²) in [4.78, 5) is 15.2. The predicted molar refractivity (Wildman–Crippen MR) is 92.7 cm³/mol. The molecule has 0 saturated carbocycles. The van der Waals surface area contributed by atoms with Gasteiger partial charge in [-0.05, 0) is 37.3 Å². The average Bonchev–Trinajstić information content (AvgIpc) is 3.02. The summed E-state index contributed by atoms with van der Waals surface area (Å²) in [6, 6.07) is 12.6. The zero-order chi connectivity index (χ0) is 19.4. The molecule has 140 valence electrons. The summed E-state index contributed by atoms with van der Waals surface area (Å²) in [5.74, 6) is 1.15. The highest BCUT2D eigenvalue weighted by Crippen LogP contribution is 2.34. The number of hydrogen-bond acceptors (Lipinski definition) is 4. The molecule has 3 aromatic rings. The van der Waals surface area contributed by atoms with Crippen molar-refractivity contribution < 1.29 is 27.1 Å². The third kappa shape index (κ3) is 4.36. The minimum Gasteiger partial charge on any atom is -0.493 e. The van der Waals surface area contributed by atoms with Gasteiger partial charge in [-0.1, -0.05) is 18.2 Å². The molecule has 0 aliphatic carbocycles. The molecule has 1 heterocycles. The van der Waals surface area contributed by atoms with E-state index in [0.29, 0.717) is 23.8 Å². The Morgan fingerprint density at radius 1 is 1.15 bits per heavy atom. The molecule has 7 heteroatoms. The van der Waals surface area contributed by atoms with Crippen LogP contribution in [0.15, 0.2) is 52.9 Å². The average molecular weight is 375 g/mol. The van der Waals surface area contributed by atoms with Crippen LogP contribution < -0.4 is 4.74 Å². The monoisotopic (exact) mass is 375 g/mol. The fourth-order valence-electron chi connectivity index (χ4n) is 2.60. The van der Waals surface area contributed by atoms with Crippen LogP contribution in [0.25, 0.3) is 11.5 Å². The maximum absolute atomic E-state index is 13.0. The van der Waals surface area contributed by atoms with Crippen molar-refractivity contribution in [3.8, 4) is 17.2 Å². The standard InChI is InChI=1S/C20H16F3NO3/c1-13-18(24-19(27-13)14-5-3-2-4-6-14)9-10-26-16-8-7-15(12-25)17(11-16)20(21,22)23/h2-8,11-12H,9-10H2,1H3. The van der Waals surface area contributed by atoms with Gasteiger partial charge in [-0.15, -0.1) is 0 Å². The Hall–Kier alpha value is -3.09. The molecule has 0 fully saturated rings. The number of carbonyl (C=O) groups excluding carboxylic acids is 1. The minimum atomic E-state index is -4.62. The van der Waals surface area contributed by atoms with E-state index in [0.717, 1.165) is 17.7 Å². The highest BCUT2D eigenvalue weighted by molar-refractivity contribution is 5.78. The molecule has 0 radical (unpaired) electrons. The van der Waals surface area contributed by atoms with Crippen molar-refractivity contribution in [2.45, 2.75) is 19.5 Å². The summed E-state index contributed by atoms with van der Waals surface area (Å²) in [5, 5.41) is 0. The van der Waals surface area contributed by atoms with Gasteiger partial charge in [0.1, 0.15) is 11.5 Å². The Bertz CT molecular complexity index is 933. The smallest absolute Gasteiger partial charge is 0.417 e. The number of oxazole rings is 1. The van der Waals surface area contributed by atoms with Gasteiger partial charge in [0, 0.05) is 17.5 Å². The SMILES string of the molecule is Cc1oc(-c2ccccc2)nc1CCOc1ccc(C=O)c(C(F)(F)F)c1. The first-order valence-corrected chi connectivity index (χ1v) is 8.19. The quantitative estimate of drug-likeness (QED) is 0.562. The van der Waals surface area contributed by atoms with E-state index in [2.05, 4.69) is 4.98 Å². The van der Waals surface area contributed by atoms with Crippen LogP contribution in [0.1, 0.15) is 27.4 Å². The Labute approximate surface area is 153 Å². The van der Waals surface area contributed by atoms with E-state index >= 15 is 0 Å². The number of benzene rings is 2. The van der Waals surface area contributed by atoms with E-state index < -0.39 is 17.3 Å². The van der Waals surface area contributed by atoms with Crippen LogP contribution in [0.5, 0.6) is 5.75 Å². The lowest BCUT2D eigenvalue weighted by molar-refractivity contribution is -0.137. The number of aryl methyl sites for hydroxylation is 1. The zero-order valence-corrected chi connectivity index (χ0v) is 14.4. The summed E-state index contributed by atoms with van der Waals surface area (Å²) in [7, 11) is 0. The molecule has 0 atom stereocenters. The van der Waals surface area contributed by atoms with Crippen molar-refractivity contribution in [2.24, 2.45) is 0 Å². The van der Waals surface area contributed by atoms with Crippen molar-refractivity contribution in [1.82, 2.24) is 4.98 Å². The first kappa shape index (κ1) is 18.7. The fraction of sp³-hybridized carbons (Fsp3) is 0.200. The number of hydrogen-bond donors (Lipinski definition) is 0. The largest absolute Gasteiger partial charge is 0.493 e. The van der Waals surface area contributed by atoms with E-state index in [-0.39, 0.29) is 18.6 Å². The maximum Gasteiger partial charge on any atom is 0.417 e. The topological polar surface area (TPSA) is 52.3 Å². The summed E-state index contributed by atoms with van der Waals surface area (Å²) in [6.45, 7) is 1.90. The Morgan fingerprint density at radius 3 is 2.56 bits per heavy atom. The van der Waals surface area contributed by atoms with E-state index in [1.165, 1.54) is 6.07 Å². The van der Waals surface area contributed by atoms with Gasteiger partial charge in [-0.3, -0.25) is 4.79 Å². The number of aldehydes is 1. The van der Waals surface area contributed by atoms with Gasteiger partial charge < -0.3 is 9.15 Å². The number of alkyl halides is 3. The number of nitrogens with zero attached hydrogens (tertiary/aromatic N) is 1. The Kier molecular flexibility index (Phi) is 5.30. The predicted octanol–water partition coefficient (Wildman–Crippen LogP) is 5.10. The normalized spacial score (nSPS) is 11.4. The fourth-order valence-corrected chi connectivity index (χ4v) is 2.60. The molecule has 27 heavy (non-hydrogen) atoms. The van der Waals surface area contributed by atoms with Crippen molar-refractivity contribution in [3.05, 3.63) is 71.1 Å². The third-order valence-electron chi connectivity index (χ3n) is 3.98. The molecule has 0 aliphatic rings. The maximum atomic E-state index is 13.0. The Balaban J connectivity index is 1.69. The second-order valence-electron chi connectivity index (χ2n) is 5.85. The molecule has 0 N–H and O–H groups in total. The highest BCUT2D eigenvalue weighted by atomic mass is 19.4. The summed E-state index contributed by atoms with van der Waals surface area (Å²) < 4.78 is 50.0. The van der Waals surface area contributed by atoms with Gasteiger partial charge in [-0.25, -0.2) is 4.98 Å². The van der Waals surface area contributed by atoms with Crippen molar-refractivity contribution >= 4 is 6.29 Å². The minimum absolute atomic E-state index is 0.0392. The van der Waals surface area contributed by atoms with Crippen molar-refractivity contribution in [3.63, 3.8) is 0 Å². The van der Waals surface area contributed by atoms with E-state index in [9.17, 15) is 18.0 Å². The van der Waals surface area contributed by atoms with Gasteiger partial charge in [0.15, 0.2) is 6.29 Å². The molecule has 0 saturated heterocycles. The van der Waals surface area contributed by atoms with Crippen LogP contribution in [0.2, 0.25) is 0 Å². The van der Waals surface area contributed by atoms with Crippen molar-refractivity contribution in [2.75, 3.05) is 6.61 Å². The molecule has 0 bridgehead atoms. The van der Waals surface area contributed by atoms with Gasteiger partial charge in [0.25, 0.3) is 0 Å². The second-order valence-corrected chi connectivity index (χ2v) is 5.85. The van der Waals surface area contributed by atoms with Crippen LogP contribution in [0.3, 0.4) is 0 Å². The van der Waals surface area contributed by atoms with Gasteiger partial charge in [0.2, 0.25) is 5.89 Å². The number of aromatic nitrogens is 1. The number of ether oxygens (including phenoxy) is 1. The summed E-state index contributed by atoms with van der Waals surface area (Å²) >= 11 is 0. The molecule has 1 aromatic heterocycles. The molecular weight excluding hydrogens is 359 g/mol. The van der Waals surface area contributed by atoms with Gasteiger partial charge in [0.05, 0.1) is 17.9 Å². The summed E-state index contributed by atoms with van der Waals surface area (Å²) in [5.41, 5.74) is 0.0788. The first-order chi connectivity index (χ1) is 12.9.